The maximum Gasteiger partial charge on any atom is 0.236 e. The highest BCUT2D eigenvalue weighted by atomic mass is 19.1. The zero-order chi connectivity index (χ0) is 28.9. The highest BCUT2D eigenvalue weighted by Crippen LogP contribution is 2.44. The minimum absolute atomic E-state index is 0.0464. The van der Waals surface area contributed by atoms with Gasteiger partial charge in [-0.1, -0.05) is 6.07 Å². The van der Waals surface area contributed by atoms with E-state index in [2.05, 4.69) is 0 Å². The number of carbonyl (C=O) groups excluding carboxylic acids is 1. The second-order valence-electron chi connectivity index (χ2n) is 9.31. The molecule has 1 amide bonds. The van der Waals surface area contributed by atoms with Gasteiger partial charge in [0, 0.05) is 35.2 Å². The zero-order valence-corrected chi connectivity index (χ0v) is 22.0. The number of carbonyl (C=O) groups is 1. The summed E-state index contributed by atoms with van der Waals surface area (Å²) in [6.45, 7) is 2.39. The van der Waals surface area contributed by atoms with Crippen LogP contribution in [0.25, 0.3) is 33.4 Å². The van der Waals surface area contributed by atoms with Gasteiger partial charge >= 0.3 is 0 Å². The topological polar surface area (TPSA) is 134 Å². The molecular formula is C29H28F2N2O8. The lowest BCUT2D eigenvalue weighted by Crippen LogP contribution is -2.36. The van der Waals surface area contributed by atoms with E-state index in [1.165, 1.54) is 0 Å². The van der Waals surface area contributed by atoms with Crippen molar-refractivity contribution in [2.75, 3.05) is 64.2 Å². The lowest BCUT2D eigenvalue weighted by Gasteiger charge is -2.26. The molecule has 12 heteroatoms. The van der Waals surface area contributed by atoms with E-state index in [1.54, 1.807) is 23.1 Å². The molecule has 1 aliphatic carbocycles. The van der Waals surface area contributed by atoms with Crippen molar-refractivity contribution in [2.24, 2.45) is 5.73 Å². The largest absolute Gasteiger partial charge is 0.505 e. The number of halogens is 2. The maximum atomic E-state index is 14.6. The van der Waals surface area contributed by atoms with Crippen molar-refractivity contribution in [2.45, 2.75) is 0 Å². The number of fused-ring (bicyclic) bond motifs is 3. The first-order valence-corrected chi connectivity index (χ1v) is 12.9. The Kier molecular flexibility index (Phi) is 8.62. The number of ether oxygens (including phenoxy) is 4. The standard InChI is InChI=1S/C29H28F2N2O8/c30-20-12-18-25(14-23(20)34)41-26-15-24(35)21(31)13-19(26)29(18)17-1-2-22-27(11-17)40-10-9-39-8-7-38-6-5-37-4-3-33(22)16-28(32)36/h1-2,11-15,34H,3-10,16H2,(H2,32,36). The van der Waals surface area contributed by atoms with Crippen molar-refractivity contribution in [3.63, 3.8) is 0 Å². The number of nitrogens with two attached hydrogens (primary N) is 1. The third-order valence-corrected chi connectivity index (χ3v) is 6.51. The van der Waals surface area contributed by atoms with Crippen molar-refractivity contribution >= 4 is 22.6 Å². The number of benzene rings is 3. The van der Waals surface area contributed by atoms with Crippen molar-refractivity contribution < 1.29 is 42.0 Å². The second-order valence-corrected chi connectivity index (χ2v) is 9.31. The highest BCUT2D eigenvalue weighted by Gasteiger charge is 2.23. The quantitative estimate of drug-likeness (QED) is 0.356. The van der Waals surface area contributed by atoms with E-state index in [0.717, 1.165) is 24.3 Å². The van der Waals surface area contributed by atoms with Crippen molar-refractivity contribution in [3.8, 4) is 33.9 Å². The van der Waals surface area contributed by atoms with Crippen molar-refractivity contribution in [1.82, 2.24) is 0 Å². The summed E-state index contributed by atoms with van der Waals surface area (Å²) in [5, 5.41) is 10.2. The summed E-state index contributed by atoms with van der Waals surface area (Å²) < 4.78 is 57.6. The van der Waals surface area contributed by atoms with E-state index in [4.69, 9.17) is 29.1 Å². The molecule has 0 bridgehead atoms. The van der Waals surface area contributed by atoms with Gasteiger partial charge in [-0.25, -0.2) is 8.78 Å². The van der Waals surface area contributed by atoms with Crippen LogP contribution < -0.4 is 20.8 Å². The number of aromatic hydroxyl groups is 1. The van der Waals surface area contributed by atoms with E-state index in [-0.39, 0.29) is 48.7 Å². The highest BCUT2D eigenvalue weighted by molar-refractivity contribution is 6.02. The Bertz CT molecular complexity index is 1590. The summed E-state index contributed by atoms with van der Waals surface area (Å²) in [5.41, 5.74) is 6.30. The molecule has 216 valence electrons. The van der Waals surface area contributed by atoms with Crippen LogP contribution in [0.4, 0.5) is 14.5 Å². The summed E-state index contributed by atoms with van der Waals surface area (Å²) >= 11 is 0. The first-order valence-electron chi connectivity index (χ1n) is 12.9. The Hall–Kier alpha value is -4.26. The fourth-order valence-electron chi connectivity index (χ4n) is 4.66. The summed E-state index contributed by atoms with van der Waals surface area (Å²) in [4.78, 5) is 25.7. The normalized spacial score (nSPS) is 15.6. The Morgan fingerprint density at radius 2 is 1.61 bits per heavy atom. The Balaban J connectivity index is 1.67. The number of hydrogen-bond acceptors (Lipinski definition) is 9. The number of anilines is 1. The van der Waals surface area contributed by atoms with Crippen molar-refractivity contribution in [1.29, 1.82) is 0 Å². The average Bonchev–Trinajstić information content (AvgIpc) is 2.94. The minimum atomic E-state index is -1.01. The lowest BCUT2D eigenvalue weighted by molar-refractivity contribution is -0.116. The zero-order valence-electron chi connectivity index (χ0n) is 22.0. The Morgan fingerprint density at radius 3 is 2.34 bits per heavy atom. The third kappa shape index (κ3) is 6.40. The molecule has 0 unspecified atom stereocenters. The van der Waals surface area contributed by atoms with Gasteiger partial charge in [0.05, 0.1) is 51.9 Å². The van der Waals surface area contributed by atoms with Crippen LogP contribution in [0.1, 0.15) is 0 Å². The number of rotatable bonds is 3. The minimum Gasteiger partial charge on any atom is -0.505 e. The monoisotopic (exact) mass is 570 g/mol. The first-order chi connectivity index (χ1) is 19.8. The molecule has 0 saturated carbocycles. The molecule has 0 aromatic heterocycles. The van der Waals surface area contributed by atoms with E-state index in [0.29, 0.717) is 55.5 Å². The van der Waals surface area contributed by atoms with Gasteiger partial charge in [0.1, 0.15) is 23.7 Å². The molecule has 0 fully saturated rings. The van der Waals surface area contributed by atoms with E-state index < -0.39 is 28.7 Å². The van der Waals surface area contributed by atoms with Crippen LogP contribution in [0.3, 0.4) is 0 Å². The summed E-state index contributed by atoms with van der Waals surface area (Å²) in [6.07, 6.45) is 0. The number of primary amides is 1. The molecule has 2 aromatic carbocycles. The van der Waals surface area contributed by atoms with Crippen molar-refractivity contribution in [3.05, 3.63) is 64.3 Å². The summed E-state index contributed by atoms with van der Waals surface area (Å²) in [7, 11) is 0. The van der Waals surface area contributed by atoms with Gasteiger partial charge in [-0.15, -0.1) is 0 Å². The van der Waals surface area contributed by atoms with Gasteiger partial charge < -0.3 is 39.1 Å². The van der Waals surface area contributed by atoms with Crippen LogP contribution in [0, 0.1) is 11.6 Å². The number of hydrogen-bond donors (Lipinski definition) is 2. The van der Waals surface area contributed by atoms with E-state index in [9.17, 15) is 23.5 Å². The van der Waals surface area contributed by atoms with Crippen LogP contribution in [0.15, 0.2) is 51.7 Å². The van der Waals surface area contributed by atoms with Gasteiger partial charge in [0.25, 0.3) is 0 Å². The molecule has 0 atom stereocenters. The van der Waals surface area contributed by atoms with Crippen LogP contribution in [-0.2, 0) is 19.0 Å². The Morgan fingerprint density at radius 1 is 0.902 bits per heavy atom. The van der Waals surface area contributed by atoms with E-state index >= 15 is 0 Å². The second kappa shape index (κ2) is 12.5. The lowest BCUT2D eigenvalue weighted by atomic mass is 9.93. The molecule has 5 rings (SSSR count). The van der Waals surface area contributed by atoms with Gasteiger partial charge in [-0.2, -0.15) is 0 Å². The van der Waals surface area contributed by atoms with Gasteiger partial charge in [0.2, 0.25) is 11.3 Å². The van der Waals surface area contributed by atoms with E-state index in [1.807, 2.05) is 0 Å². The molecular weight excluding hydrogens is 542 g/mol. The molecule has 3 N–H and O–H groups in total. The number of phenolic OH excluding ortho intramolecular Hbond substituents is 1. The van der Waals surface area contributed by atoms with Crippen LogP contribution in [-0.4, -0.2) is 70.4 Å². The van der Waals surface area contributed by atoms with Crippen LogP contribution in [0.2, 0.25) is 0 Å². The van der Waals surface area contributed by atoms with Crippen LogP contribution in [0.5, 0.6) is 11.5 Å². The third-order valence-electron chi connectivity index (χ3n) is 6.51. The molecule has 2 aliphatic heterocycles. The average molecular weight is 571 g/mol. The summed E-state index contributed by atoms with van der Waals surface area (Å²) in [5.74, 6) is -2.73. The number of amides is 1. The predicted molar refractivity (Wildman–Crippen MR) is 145 cm³/mol. The Labute approximate surface area is 233 Å². The molecule has 0 radical (unpaired) electrons. The van der Waals surface area contributed by atoms with Crippen LogP contribution >= 0.6 is 0 Å². The number of phenols is 1. The molecule has 10 nitrogen and oxygen atoms in total. The molecule has 2 heterocycles. The summed E-state index contributed by atoms with van der Waals surface area (Å²) in [6, 6.07) is 9.26. The fourth-order valence-corrected chi connectivity index (χ4v) is 4.66. The molecule has 0 spiro atoms. The van der Waals surface area contributed by atoms with Gasteiger partial charge in [0.15, 0.2) is 17.4 Å². The first kappa shape index (κ1) is 28.3. The smallest absolute Gasteiger partial charge is 0.236 e. The predicted octanol–water partition coefficient (Wildman–Crippen LogP) is 3.28. The fraction of sp³-hybridized carbons (Fsp3) is 0.310. The number of nitrogens with zero attached hydrogens (tertiary/aromatic N) is 1. The van der Waals surface area contributed by atoms with Gasteiger partial charge in [-0.05, 0) is 29.8 Å². The maximum absolute atomic E-state index is 14.6. The van der Waals surface area contributed by atoms with Gasteiger partial charge in [-0.3, -0.25) is 9.59 Å². The molecule has 41 heavy (non-hydrogen) atoms. The molecule has 2 aromatic rings. The molecule has 0 saturated heterocycles. The molecule has 3 aliphatic rings. The SMILES string of the molecule is NC(=O)CN1CCOCCOCCOCCOc2cc(-c3c4cc(F)c(=O)cc-4oc4cc(O)c(F)cc34)ccc21.